The van der Waals surface area contributed by atoms with E-state index in [4.69, 9.17) is 23.2 Å². The van der Waals surface area contributed by atoms with Crippen molar-refractivity contribution < 1.29 is 4.39 Å². The normalized spacial score (nSPS) is 19.3. The molecule has 1 fully saturated rings. The molecule has 1 aliphatic rings. The summed E-state index contributed by atoms with van der Waals surface area (Å²) in [7, 11) is 0. The molecule has 1 aromatic carbocycles. The highest BCUT2D eigenvalue weighted by atomic mass is 79.9. The van der Waals surface area contributed by atoms with Gasteiger partial charge < -0.3 is 4.90 Å². The molecule has 0 unspecified atom stereocenters. The summed E-state index contributed by atoms with van der Waals surface area (Å²) in [6.07, 6.45) is 3.35. The number of rotatable bonds is 1. The molecule has 3 nitrogen and oxygen atoms in total. The minimum atomic E-state index is -0.507. The Kier molecular flexibility index (Phi) is 4.26. The number of aromatic nitrogens is 2. The molecule has 0 saturated carbocycles. The smallest absolute Gasteiger partial charge is 0.225 e. The third-order valence-electron chi connectivity index (χ3n) is 3.85. The van der Waals surface area contributed by atoms with E-state index in [1.165, 1.54) is 6.42 Å². The van der Waals surface area contributed by atoms with Crippen molar-refractivity contribution in [2.24, 2.45) is 0 Å². The van der Waals surface area contributed by atoms with Crippen molar-refractivity contribution in [3.63, 3.8) is 0 Å². The van der Waals surface area contributed by atoms with E-state index in [0.717, 1.165) is 19.4 Å². The number of piperidine rings is 1. The quantitative estimate of drug-likeness (QED) is 0.492. The molecule has 0 radical (unpaired) electrons. The molecule has 0 N–H and O–H groups in total. The third kappa shape index (κ3) is 2.71. The zero-order valence-electron chi connectivity index (χ0n) is 11.3. The minimum absolute atomic E-state index is 0.0448. The number of nitrogens with zero attached hydrogens (tertiary/aromatic N) is 3. The van der Waals surface area contributed by atoms with Gasteiger partial charge in [-0.2, -0.15) is 4.98 Å². The average Bonchev–Trinajstić information content (AvgIpc) is 2.46. The zero-order valence-corrected chi connectivity index (χ0v) is 14.4. The molecule has 1 aromatic heterocycles. The van der Waals surface area contributed by atoms with Gasteiger partial charge in [-0.05, 0) is 59.8 Å². The van der Waals surface area contributed by atoms with Crippen LogP contribution < -0.4 is 4.90 Å². The lowest BCUT2D eigenvalue weighted by molar-refractivity contribution is 0.482. The van der Waals surface area contributed by atoms with Crippen LogP contribution in [-0.4, -0.2) is 22.6 Å². The van der Waals surface area contributed by atoms with Gasteiger partial charge in [0.1, 0.15) is 11.3 Å². The summed E-state index contributed by atoms with van der Waals surface area (Å²) < 4.78 is 14.6. The van der Waals surface area contributed by atoms with Crippen LogP contribution in [0.1, 0.15) is 26.2 Å². The fourth-order valence-corrected chi connectivity index (χ4v) is 3.42. The lowest BCUT2D eigenvalue weighted by atomic mass is 10.0. The van der Waals surface area contributed by atoms with Crippen LogP contribution in [0.3, 0.4) is 0 Å². The fourth-order valence-electron chi connectivity index (χ4n) is 2.76. The van der Waals surface area contributed by atoms with E-state index in [1.807, 2.05) is 0 Å². The second-order valence-electron chi connectivity index (χ2n) is 5.24. The molecule has 112 valence electrons. The van der Waals surface area contributed by atoms with Gasteiger partial charge in [0.2, 0.25) is 5.28 Å². The second kappa shape index (κ2) is 5.86. The fraction of sp³-hybridized carbons (Fsp3) is 0.429. The van der Waals surface area contributed by atoms with Gasteiger partial charge in [0.05, 0.1) is 9.50 Å². The number of anilines is 1. The number of hydrogen-bond acceptors (Lipinski definition) is 3. The monoisotopic (exact) mass is 391 g/mol. The van der Waals surface area contributed by atoms with E-state index in [2.05, 4.69) is 37.7 Å². The largest absolute Gasteiger partial charge is 0.353 e. The Morgan fingerprint density at radius 1 is 1.33 bits per heavy atom. The van der Waals surface area contributed by atoms with E-state index in [9.17, 15) is 4.39 Å². The second-order valence-corrected chi connectivity index (χ2v) is 6.78. The van der Waals surface area contributed by atoms with Crippen LogP contribution in [0.4, 0.5) is 10.2 Å². The molecule has 1 aliphatic heterocycles. The molecule has 21 heavy (non-hydrogen) atoms. The summed E-state index contributed by atoms with van der Waals surface area (Å²) >= 11 is 15.2. The van der Waals surface area contributed by atoms with E-state index in [-0.39, 0.29) is 15.3 Å². The van der Waals surface area contributed by atoms with Gasteiger partial charge in [0, 0.05) is 18.0 Å². The third-order valence-corrected chi connectivity index (χ3v) is 5.33. The van der Waals surface area contributed by atoms with Crippen LogP contribution in [0.2, 0.25) is 10.3 Å². The van der Waals surface area contributed by atoms with Gasteiger partial charge in [-0.3, -0.25) is 0 Å². The zero-order chi connectivity index (χ0) is 15.1. The van der Waals surface area contributed by atoms with Gasteiger partial charge in [0.25, 0.3) is 0 Å². The van der Waals surface area contributed by atoms with E-state index in [0.29, 0.717) is 22.3 Å². The highest BCUT2D eigenvalue weighted by molar-refractivity contribution is 9.10. The van der Waals surface area contributed by atoms with Gasteiger partial charge in [0.15, 0.2) is 5.82 Å². The summed E-state index contributed by atoms with van der Waals surface area (Å²) in [6, 6.07) is 2.02. The molecule has 0 aliphatic carbocycles. The van der Waals surface area contributed by atoms with Crippen molar-refractivity contribution in [2.75, 3.05) is 11.4 Å². The lowest BCUT2D eigenvalue weighted by Gasteiger charge is -2.35. The number of benzene rings is 1. The van der Waals surface area contributed by atoms with Gasteiger partial charge >= 0.3 is 0 Å². The first kappa shape index (κ1) is 15.3. The Labute approximate surface area is 140 Å². The first-order chi connectivity index (χ1) is 9.99. The topological polar surface area (TPSA) is 29.0 Å². The summed E-state index contributed by atoms with van der Waals surface area (Å²) in [6.45, 7) is 3.01. The molecular formula is C14H13BrCl2FN3. The molecule has 1 saturated heterocycles. The Morgan fingerprint density at radius 3 is 2.81 bits per heavy atom. The van der Waals surface area contributed by atoms with Gasteiger partial charge in [-0.15, -0.1) is 0 Å². The van der Waals surface area contributed by atoms with Crippen molar-refractivity contribution >= 4 is 55.9 Å². The van der Waals surface area contributed by atoms with Crippen molar-refractivity contribution in [2.45, 2.75) is 32.2 Å². The Hall–Kier alpha value is -0.650. The van der Waals surface area contributed by atoms with Gasteiger partial charge in [-0.1, -0.05) is 11.6 Å². The van der Waals surface area contributed by atoms with Crippen LogP contribution >= 0.6 is 39.1 Å². The minimum Gasteiger partial charge on any atom is -0.353 e. The van der Waals surface area contributed by atoms with E-state index < -0.39 is 5.82 Å². The predicted octanol–water partition coefficient (Wildman–Crippen LogP) is 5.22. The molecule has 3 rings (SSSR count). The van der Waals surface area contributed by atoms with E-state index in [1.54, 1.807) is 6.07 Å². The molecule has 0 amide bonds. The maximum Gasteiger partial charge on any atom is 0.225 e. The standard InChI is InChI=1S/C14H13BrCl2FN3/c1-7-4-2-3-5-21(7)13-8-6-9(16)10(15)11(18)12(8)19-14(17)20-13/h6-7H,2-5H2,1H3/t7-/m0/s1. The Bertz CT molecular complexity index is 710. The SMILES string of the molecule is C[C@H]1CCCCN1c1nc(Cl)nc2c(F)c(Br)c(Cl)cc12. The molecule has 1 atom stereocenters. The Balaban J connectivity index is 2.27. The lowest BCUT2D eigenvalue weighted by Crippen LogP contribution is -2.38. The molecule has 7 heteroatoms. The number of halogens is 4. The summed E-state index contributed by atoms with van der Waals surface area (Å²) in [5.41, 5.74) is 0.194. The highest BCUT2D eigenvalue weighted by Gasteiger charge is 2.24. The van der Waals surface area contributed by atoms with Crippen molar-refractivity contribution in [3.05, 3.63) is 26.7 Å². The maximum absolute atomic E-state index is 14.4. The highest BCUT2D eigenvalue weighted by Crippen LogP contribution is 2.37. The number of hydrogen-bond donors (Lipinski definition) is 0. The van der Waals surface area contributed by atoms with Crippen LogP contribution in [0.5, 0.6) is 0 Å². The average molecular weight is 393 g/mol. The van der Waals surface area contributed by atoms with Crippen LogP contribution in [0.25, 0.3) is 10.9 Å². The van der Waals surface area contributed by atoms with Crippen LogP contribution in [0, 0.1) is 5.82 Å². The summed E-state index contributed by atoms with van der Waals surface area (Å²) in [5, 5.41) is 0.944. The summed E-state index contributed by atoms with van der Waals surface area (Å²) in [5.74, 6) is 0.151. The first-order valence-electron chi connectivity index (χ1n) is 6.76. The molecule has 0 bridgehead atoms. The van der Waals surface area contributed by atoms with Crippen molar-refractivity contribution in [1.82, 2.24) is 9.97 Å². The first-order valence-corrected chi connectivity index (χ1v) is 8.31. The van der Waals surface area contributed by atoms with E-state index >= 15 is 0 Å². The molecular weight excluding hydrogens is 380 g/mol. The molecule has 0 spiro atoms. The van der Waals surface area contributed by atoms with Crippen LogP contribution in [0.15, 0.2) is 10.5 Å². The number of fused-ring (bicyclic) bond motifs is 1. The summed E-state index contributed by atoms with van der Waals surface area (Å²) in [4.78, 5) is 10.5. The molecule has 2 aromatic rings. The van der Waals surface area contributed by atoms with Crippen molar-refractivity contribution in [3.8, 4) is 0 Å². The van der Waals surface area contributed by atoms with Crippen LogP contribution in [-0.2, 0) is 0 Å². The molecule has 2 heterocycles. The Morgan fingerprint density at radius 2 is 2.10 bits per heavy atom. The van der Waals surface area contributed by atoms with Crippen molar-refractivity contribution in [1.29, 1.82) is 0 Å². The predicted molar refractivity (Wildman–Crippen MR) is 87.9 cm³/mol. The maximum atomic E-state index is 14.4. The van der Waals surface area contributed by atoms with Gasteiger partial charge in [-0.25, -0.2) is 9.37 Å².